The molecule has 0 N–H and O–H groups in total. The summed E-state index contributed by atoms with van der Waals surface area (Å²) in [7, 11) is 1.23. The molecule has 2 aromatic rings. The Kier molecular flexibility index (Phi) is 4.34. The van der Waals surface area contributed by atoms with Crippen LogP contribution >= 0.6 is 0 Å². The Hall–Kier alpha value is -3.40. The van der Waals surface area contributed by atoms with Gasteiger partial charge in [-0.3, -0.25) is 10.1 Å². The van der Waals surface area contributed by atoms with Gasteiger partial charge in [0.2, 0.25) is 0 Å². The first-order valence-electron chi connectivity index (χ1n) is 6.10. The SMILES string of the molecule is COC(=O)C(=Cc1ccc([N+](=O)[O-])o1)c1ccc(C#N)cc1. The molecule has 7 heteroatoms. The van der Waals surface area contributed by atoms with Gasteiger partial charge in [-0.1, -0.05) is 12.1 Å². The van der Waals surface area contributed by atoms with Crippen LogP contribution in [0, 0.1) is 21.4 Å². The summed E-state index contributed by atoms with van der Waals surface area (Å²) >= 11 is 0. The van der Waals surface area contributed by atoms with Gasteiger partial charge >= 0.3 is 11.9 Å². The van der Waals surface area contributed by atoms with E-state index < -0.39 is 16.8 Å². The molecule has 0 aliphatic carbocycles. The number of rotatable bonds is 4. The molecule has 0 amide bonds. The summed E-state index contributed by atoms with van der Waals surface area (Å²) in [4.78, 5) is 21.8. The molecule has 0 aliphatic rings. The van der Waals surface area contributed by atoms with Crippen molar-refractivity contribution in [1.82, 2.24) is 0 Å². The smallest absolute Gasteiger partial charge is 0.433 e. The lowest BCUT2D eigenvalue weighted by atomic mass is 10.0. The monoisotopic (exact) mass is 298 g/mol. The Labute approximate surface area is 125 Å². The molecule has 1 aromatic carbocycles. The lowest BCUT2D eigenvalue weighted by Crippen LogP contribution is -2.03. The minimum Gasteiger partial charge on any atom is -0.465 e. The van der Waals surface area contributed by atoms with Crippen LogP contribution in [0.15, 0.2) is 40.8 Å². The van der Waals surface area contributed by atoms with Crippen molar-refractivity contribution >= 4 is 23.5 Å². The summed E-state index contributed by atoms with van der Waals surface area (Å²) < 4.78 is 9.70. The van der Waals surface area contributed by atoms with Gasteiger partial charge in [0.15, 0.2) is 0 Å². The summed E-state index contributed by atoms with van der Waals surface area (Å²) in [6.07, 6.45) is 1.35. The highest BCUT2D eigenvalue weighted by Crippen LogP contribution is 2.23. The Bertz CT molecular complexity index is 781. The highest BCUT2D eigenvalue weighted by atomic mass is 16.6. The summed E-state index contributed by atoms with van der Waals surface area (Å²) in [5, 5.41) is 19.4. The van der Waals surface area contributed by atoms with Gasteiger partial charge in [0.1, 0.15) is 10.7 Å². The number of nitrogens with zero attached hydrogens (tertiary/aromatic N) is 2. The van der Waals surface area contributed by atoms with Crippen molar-refractivity contribution in [1.29, 1.82) is 5.26 Å². The van der Waals surface area contributed by atoms with E-state index in [-0.39, 0.29) is 11.3 Å². The van der Waals surface area contributed by atoms with Crippen LogP contribution in [0.25, 0.3) is 11.6 Å². The molecule has 0 saturated carbocycles. The lowest BCUT2D eigenvalue weighted by Gasteiger charge is -2.05. The molecule has 0 radical (unpaired) electrons. The maximum atomic E-state index is 11.9. The van der Waals surface area contributed by atoms with Gasteiger partial charge in [0.25, 0.3) is 0 Å². The first-order chi connectivity index (χ1) is 10.5. The van der Waals surface area contributed by atoms with E-state index in [9.17, 15) is 14.9 Å². The number of methoxy groups -OCH3 is 1. The van der Waals surface area contributed by atoms with Gasteiger partial charge in [0, 0.05) is 0 Å². The maximum absolute atomic E-state index is 11.9. The van der Waals surface area contributed by atoms with Crippen LogP contribution in [0.2, 0.25) is 0 Å². The van der Waals surface area contributed by atoms with Gasteiger partial charge in [-0.2, -0.15) is 5.26 Å². The van der Waals surface area contributed by atoms with Crippen molar-refractivity contribution in [3.8, 4) is 6.07 Å². The van der Waals surface area contributed by atoms with Gasteiger partial charge < -0.3 is 9.15 Å². The Morgan fingerprint density at radius 3 is 2.50 bits per heavy atom. The van der Waals surface area contributed by atoms with Crippen molar-refractivity contribution in [2.24, 2.45) is 0 Å². The zero-order valence-electron chi connectivity index (χ0n) is 11.5. The first-order valence-corrected chi connectivity index (χ1v) is 6.10. The number of hydrogen-bond acceptors (Lipinski definition) is 6. The number of benzene rings is 1. The van der Waals surface area contributed by atoms with Crippen LogP contribution in [-0.2, 0) is 9.53 Å². The fraction of sp³-hybridized carbons (Fsp3) is 0.0667. The third-order valence-corrected chi connectivity index (χ3v) is 2.81. The zero-order valence-corrected chi connectivity index (χ0v) is 11.5. The molecule has 7 nitrogen and oxygen atoms in total. The van der Waals surface area contributed by atoms with Gasteiger partial charge in [-0.15, -0.1) is 0 Å². The number of ether oxygens (including phenoxy) is 1. The number of esters is 1. The molecule has 1 aromatic heterocycles. The third kappa shape index (κ3) is 3.19. The van der Waals surface area contributed by atoms with Crippen LogP contribution in [-0.4, -0.2) is 18.0 Å². The van der Waals surface area contributed by atoms with E-state index in [0.29, 0.717) is 11.1 Å². The number of furan rings is 1. The maximum Gasteiger partial charge on any atom is 0.433 e. The van der Waals surface area contributed by atoms with Crippen molar-refractivity contribution in [2.45, 2.75) is 0 Å². The van der Waals surface area contributed by atoms with Gasteiger partial charge in [-0.05, 0) is 29.8 Å². The van der Waals surface area contributed by atoms with E-state index in [2.05, 4.69) is 0 Å². The van der Waals surface area contributed by atoms with E-state index in [1.165, 1.54) is 25.3 Å². The molecule has 110 valence electrons. The summed E-state index contributed by atoms with van der Waals surface area (Å²) in [5.74, 6) is -0.893. The van der Waals surface area contributed by atoms with E-state index in [1.807, 2.05) is 6.07 Å². The molecule has 0 fully saturated rings. The number of carbonyl (C=O) groups excluding carboxylic acids is 1. The van der Waals surface area contributed by atoms with Crippen LogP contribution in [0.5, 0.6) is 0 Å². The number of carbonyl (C=O) groups is 1. The lowest BCUT2D eigenvalue weighted by molar-refractivity contribution is -0.402. The number of nitriles is 1. The molecular weight excluding hydrogens is 288 g/mol. The molecule has 0 saturated heterocycles. The molecule has 0 unspecified atom stereocenters. The molecule has 0 aliphatic heterocycles. The molecule has 1 heterocycles. The van der Waals surface area contributed by atoms with Gasteiger partial charge in [0.05, 0.1) is 30.4 Å². The van der Waals surface area contributed by atoms with E-state index in [1.54, 1.807) is 24.3 Å². The second-order valence-corrected chi connectivity index (χ2v) is 4.17. The number of nitro groups is 1. The predicted octanol–water partition coefficient (Wildman–Crippen LogP) is 2.77. The third-order valence-electron chi connectivity index (χ3n) is 2.81. The van der Waals surface area contributed by atoms with E-state index in [0.717, 1.165) is 0 Å². The zero-order chi connectivity index (χ0) is 16.1. The molecule has 0 spiro atoms. The second kappa shape index (κ2) is 6.37. The second-order valence-electron chi connectivity index (χ2n) is 4.17. The molecule has 22 heavy (non-hydrogen) atoms. The fourth-order valence-corrected chi connectivity index (χ4v) is 1.75. The topological polar surface area (TPSA) is 106 Å². The normalized spacial score (nSPS) is 10.8. The van der Waals surface area contributed by atoms with Crippen molar-refractivity contribution in [3.63, 3.8) is 0 Å². The quantitative estimate of drug-likeness (QED) is 0.372. The van der Waals surface area contributed by atoms with E-state index >= 15 is 0 Å². The highest BCUT2D eigenvalue weighted by molar-refractivity contribution is 6.21. The molecule has 0 atom stereocenters. The average Bonchev–Trinajstić information content (AvgIpc) is 3.01. The van der Waals surface area contributed by atoms with Crippen LogP contribution < -0.4 is 0 Å². The summed E-state index contributed by atoms with van der Waals surface area (Å²) in [5.41, 5.74) is 1.11. The van der Waals surface area contributed by atoms with Crippen molar-refractivity contribution in [3.05, 3.63) is 63.4 Å². The van der Waals surface area contributed by atoms with E-state index in [4.69, 9.17) is 14.4 Å². The molecule has 0 bridgehead atoms. The van der Waals surface area contributed by atoms with Crippen molar-refractivity contribution in [2.75, 3.05) is 7.11 Å². The highest BCUT2D eigenvalue weighted by Gasteiger charge is 2.16. The largest absolute Gasteiger partial charge is 0.465 e. The molecular formula is C15H10N2O5. The minimum absolute atomic E-state index is 0.149. The van der Waals surface area contributed by atoms with Crippen LogP contribution in [0.3, 0.4) is 0 Å². The summed E-state index contributed by atoms with van der Waals surface area (Å²) in [6.45, 7) is 0. The number of hydrogen-bond donors (Lipinski definition) is 0. The Balaban J connectivity index is 2.44. The Morgan fingerprint density at radius 2 is 2.00 bits per heavy atom. The van der Waals surface area contributed by atoms with Crippen LogP contribution in [0.4, 0.5) is 5.88 Å². The predicted molar refractivity (Wildman–Crippen MR) is 76.4 cm³/mol. The Morgan fingerprint density at radius 1 is 1.32 bits per heavy atom. The summed E-state index contributed by atoms with van der Waals surface area (Å²) in [6, 6.07) is 10.8. The van der Waals surface area contributed by atoms with Gasteiger partial charge in [-0.25, -0.2) is 4.79 Å². The fourth-order valence-electron chi connectivity index (χ4n) is 1.75. The minimum atomic E-state index is -0.670. The molecule has 2 rings (SSSR count). The van der Waals surface area contributed by atoms with Crippen LogP contribution in [0.1, 0.15) is 16.9 Å². The average molecular weight is 298 g/mol. The van der Waals surface area contributed by atoms with Crippen molar-refractivity contribution < 1.29 is 18.9 Å². The standard InChI is InChI=1S/C15H10N2O5/c1-21-15(18)13(11-4-2-10(9-16)3-5-11)8-12-6-7-14(22-12)17(19)20/h2-8H,1H3. The first kappa shape index (κ1) is 15.0.